The van der Waals surface area contributed by atoms with Crippen LogP contribution in [0, 0.1) is 0 Å². The lowest BCUT2D eigenvalue weighted by Gasteiger charge is -2.15. The molecule has 0 spiro atoms. The molecule has 0 amide bonds. The van der Waals surface area contributed by atoms with Crippen LogP contribution < -0.4 is 5.32 Å². The van der Waals surface area contributed by atoms with Crippen LogP contribution in [0.5, 0.6) is 0 Å². The van der Waals surface area contributed by atoms with E-state index in [9.17, 15) is 0 Å². The molecule has 0 saturated heterocycles. The summed E-state index contributed by atoms with van der Waals surface area (Å²) in [5, 5.41) is 4.73. The van der Waals surface area contributed by atoms with Gasteiger partial charge in [-0.2, -0.15) is 0 Å². The molecule has 0 radical (unpaired) electrons. The van der Waals surface area contributed by atoms with Crippen LogP contribution in [0.4, 0.5) is 0 Å². The lowest BCUT2D eigenvalue weighted by Crippen LogP contribution is -2.29. The number of halogens is 1. The maximum absolute atomic E-state index is 4.48. The Kier molecular flexibility index (Phi) is 5.31. The summed E-state index contributed by atoms with van der Waals surface area (Å²) in [5.41, 5.74) is 2.32. The van der Waals surface area contributed by atoms with Crippen molar-refractivity contribution in [3.8, 4) is 0 Å². The Labute approximate surface area is 130 Å². The van der Waals surface area contributed by atoms with Gasteiger partial charge in [-0.05, 0) is 18.6 Å². The molecule has 0 fully saturated rings. The summed E-state index contributed by atoms with van der Waals surface area (Å²) in [6.07, 6.45) is 7.48. The van der Waals surface area contributed by atoms with Gasteiger partial charge in [0.05, 0.1) is 11.8 Å². The van der Waals surface area contributed by atoms with E-state index < -0.39 is 0 Å². The smallest absolute Gasteiger partial charge is 0.0946 e. The second kappa shape index (κ2) is 7.20. The normalized spacial score (nSPS) is 12.0. The van der Waals surface area contributed by atoms with Crippen molar-refractivity contribution in [2.24, 2.45) is 0 Å². The summed E-state index contributed by atoms with van der Waals surface area (Å²) < 4.78 is 2.08. The van der Waals surface area contributed by atoms with E-state index in [2.05, 4.69) is 51.0 Å². The fraction of sp³-hybridized carbons (Fsp3) is 0.250. The maximum atomic E-state index is 4.48. The van der Waals surface area contributed by atoms with Crippen LogP contribution in [0.25, 0.3) is 10.9 Å². The number of hydrogen-bond donors (Lipinski definition) is 1. The van der Waals surface area contributed by atoms with E-state index in [0.717, 1.165) is 18.6 Å². The van der Waals surface area contributed by atoms with Gasteiger partial charge in [0.15, 0.2) is 0 Å². The van der Waals surface area contributed by atoms with E-state index in [1.807, 2.05) is 24.8 Å². The molecular formula is C16H19ClN4. The van der Waals surface area contributed by atoms with Crippen molar-refractivity contribution in [3.63, 3.8) is 0 Å². The topological polar surface area (TPSA) is 42.7 Å². The molecule has 1 unspecified atom stereocenters. The van der Waals surface area contributed by atoms with E-state index in [4.69, 9.17) is 0 Å². The molecule has 0 aliphatic rings. The third kappa shape index (κ3) is 3.80. The van der Waals surface area contributed by atoms with Crippen LogP contribution >= 0.6 is 12.4 Å². The molecular weight excluding hydrogens is 284 g/mol. The van der Waals surface area contributed by atoms with Gasteiger partial charge in [-0.25, -0.2) is 4.98 Å². The first-order valence-electron chi connectivity index (χ1n) is 6.84. The van der Waals surface area contributed by atoms with Gasteiger partial charge < -0.3 is 9.88 Å². The summed E-state index contributed by atoms with van der Waals surface area (Å²) in [6, 6.07) is 10.8. The zero-order valence-corrected chi connectivity index (χ0v) is 12.8. The molecule has 3 rings (SSSR count). The Hall–Kier alpha value is -1.91. The molecule has 110 valence electrons. The Morgan fingerprint density at radius 3 is 2.86 bits per heavy atom. The number of hydrogen-bond acceptors (Lipinski definition) is 3. The number of rotatable bonds is 5. The number of fused-ring (bicyclic) bond motifs is 1. The monoisotopic (exact) mass is 302 g/mol. The number of aromatic nitrogens is 3. The second-order valence-corrected chi connectivity index (χ2v) is 5.03. The molecule has 0 aliphatic carbocycles. The standard InChI is InChI=1S/C16H18N4.ClH/c1-13(11-20-9-8-17-12-20)19-10-15-5-2-4-14-6-3-7-18-16(14)15;/h2-9,12-13,19H,10-11H2,1H3;1H. The molecule has 2 heterocycles. The zero-order valence-electron chi connectivity index (χ0n) is 11.9. The molecule has 1 aromatic carbocycles. The number of nitrogens with zero attached hydrogens (tertiary/aromatic N) is 3. The highest BCUT2D eigenvalue weighted by Gasteiger charge is 2.05. The number of imidazole rings is 1. The lowest BCUT2D eigenvalue weighted by atomic mass is 10.1. The van der Waals surface area contributed by atoms with Crippen LogP contribution in [0.15, 0.2) is 55.2 Å². The second-order valence-electron chi connectivity index (χ2n) is 5.03. The van der Waals surface area contributed by atoms with Gasteiger partial charge in [-0.1, -0.05) is 24.3 Å². The van der Waals surface area contributed by atoms with Crippen LogP contribution in [-0.4, -0.2) is 20.6 Å². The van der Waals surface area contributed by atoms with Crippen LogP contribution in [0.2, 0.25) is 0 Å². The first kappa shape index (κ1) is 15.5. The summed E-state index contributed by atoms with van der Waals surface area (Å²) in [7, 11) is 0. The van der Waals surface area contributed by atoms with Gasteiger partial charge in [-0.3, -0.25) is 4.98 Å². The first-order chi connectivity index (χ1) is 9.83. The minimum Gasteiger partial charge on any atom is -0.336 e. The molecule has 0 bridgehead atoms. The molecule has 1 N–H and O–H groups in total. The van der Waals surface area contributed by atoms with Crippen molar-refractivity contribution >= 4 is 23.3 Å². The predicted octanol–water partition coefficient (Wildman–Crippen LogP) is 3.03. The third-order valence-corrected chi connectivity index (χ3v) is 3.40. The van der Waals surface area contributed by atoms with Crippen LogP contribution in [0.1, 0.15) is 12.5 Å². The van der Waals surface area contributed by atoms with Crippen molar-refractivity contribution < 1.29 is 0 Å². The SMILES string of the molecule is CC(Cn1ccnc1)NCc1cccc2cccnc12.Cl. The van der Waals surface area contributed by atoms with Crippen LogP contribution in [0.3, 0.4) is 0 Å². The van der Waals surface area contributed by atoms with E-state index in [1.54, 1.807) is 6.20 Å². The Morgan fingerprint density at radius 2 is 2.05 bits per heavy atom. The molecule has 3 aromatic rings. The fourth-order valence-electron chi connectivity index (χ4n) is 2.37. The highest BCUT2D eigenvalue weighted by molar-refractivity contribution is 5.85. The van der Waals surface area contributed by atoms with E-state index in [1.165, 1.54) is 10.9 Å². The van der Waals surface area contributed by atoms with Gasteiger partial charge in [-0.15, -0.1) is 12.4 Å². The average Bonchev–Trinajstić information content (AvgIpc) is 2.98. The van der Waals surface area contributed by atoms with Crippen molar-refractivity contribution in [2.75, 3.05) is 0 Å². The van der Waals surface area contributed by atoms with E-state index in [0.29, 0.717) is 6.04 Å². The first-order valence-corrected chi connectivity index (χ1v) is 6.84. The summed E-state index contributed by atoms with van der Waals surface area (Å²) in [5.74, 6) is 0. The van der Waals surface area contributed by atoms with Gasteiger partial charge in [0.25, 0.3) is 0 Å². The summed E-state index contributed by atoms with van der Waals surface area (Å²) >= 11 is 0. The summed E-state index contributed by atoms with van der Waals surface area (Å²) in [4.78, 5) is 8.54. The number of nitrogens with one attached hydrogen (secondary N) is 1. The molecule has 0 aliphatic heterocycles. The minimum absolute atomic E-state index is 0. The molecule has 5 heteroatoms. The fourth-order valence-corrected chi connectivity index (χ4v) is 2.37. The van der Waals surface area contributed by atoms with Crippen LogP contribution in [-0.2, 0) is 13.1 Å². The van der Waals surface area contributed by atoms with E-state index in [-0.39, 0.29) is 12.4 Å². The predicted molar refractivity (Wildman–Crippen MR) is 87.5 cm³/mol. The highest BCUT2D eigenvalue weighted by atomic mass is 35.5. The quantitative estimate of drug-likeness (QED) is 0.788. The number of para-hydroxylation sites is 1. The lowest BCUT2D eigenvalue weighted by molar-refractivity contribution is 0.477. The van der Waals surface area contributed by atoms with E-state index >= 15 is 0 Å². The molecule has 1 atom stereocenters. The van der Waals surface area contributed by atoms with Gasteiger partial charge in [0, 0.05) is 43.1 Å². The molecule has 2 aromatic heterocycles. The van der Waals surface area contributed by atoms with Crippen molar-refractivity contribution in [2.45, 2.75) is 26.1 Å². The van der Waals surface area contributed by atoms with Crippen molar-refractivity contribution in [1.82, 2.24) is 19.9 Å². The number of pyridine rings is 1. The largest absolute Gasteiger partial charge is 0.336 e. The highest BCUT2D eigenvalue weighted by Crippen LogP contribution is 2.15. The Morgan fingerprint density at radius 1 is 1.19 bits per heavy atom. The molecule has 21 heavy (non-hydrogen) atoms. The Balaban J connectivity index is 0.00000161. The summed E-state index contributed by atoms with van der Waals surface area (Å²) in [6.45, 7) is 3.92. The van der Waals surface area contributed by atoms with Crippen molar-refractivity contribution in [1.29, 1.82) is 0 Å². The molecule has 4 nitrogen and oxygen atoms in total. The maximum Gasteiger partial charge on any atom is 0.0946 e. The van der Waals surface area contributed by atoms with Gasteiger partial charge >= 0.3 is 0 Å². The van der Waals surface area contributed by atoms with Crippen molar-refractivity contribution in [3.05, 3.63) is 60.8 Å². The average molecular weight is 303 g/mol. The number of benzene rings is 1. The Bertz CT molecular complexity index is 676. The zero-order chi connectivity index (χ0) is 13.8. The third-order valence-electron chi connectivity index (χ3n) is 3.40. The molecule has 0 saturated carbocycles. The minimum atomic E-state index is 0. The van der Waals surface area contributed by atoms with Gasteiger partial charge in [0.2, 0.25) is 0 Å². The van der Waals surface area contributed by atoms with Gasteiger partial charge in [0.1, 0.15) is 0 Å².